The van der Waals surface area contributed by atoms with Crippen LogP contribution in [0.25, 0.3) is 0 Å². The number of aromatic nitrogens is 3. The molecule has 0 fully saturated rings. The molecule has 0 aliphatic carbocycles. The van der Waals surface area contributed by atoms with Crippen molar-refractivity contribution in [1.29, 1.82) is 0 Å². The summed E-state index contributed by atoms with van der Waals surface area (Å²) in [7, 11) is 0. The van der Waals surface area contributed by atoms with Gasteiger partial charge in [0, 0.05) is 30.0 Å². The predicted octanol–water partition coefficient (Wildman–Crippen LogP) is 3.87. The molecule has 3 aromatic rings. The summed E-state index contributed by atoms with van der Waals surface area (Å²) in [5.74, 6) is 0. The van der Waals surface area contributed by atoms with E-state index in [1.165, 1.54) is 5.56 Å². The third-order valence-electron chi connectivity index (χ3n) is 3.31. The number of hydrogen-bond donors (Lipinski definition) is 1. The highest BCUT2D eigenvalue weighted by molar-refractivity contribution is 7.09. The minimum Gasteiger partial charge on any atom is -0.377 e. The lowest BCUT2D eigenvalue weighted by molar-refractivity contribution is 0.796. The van der Waals surface area contributed by atoms with Gasteiger partial charge in [0.1, 0.15) is 0 Å². The van der Waals surface area contributed by atoms with Gasteiger partial charge in [-0.1, -0.05) is 12.1 Å². The van der Waals surface area contributed by atoms with Crippen molar-refractivity contribution in [2.75, 3.05) is 5.32 Å². The molecule has 3 rings (SSSR count). The molecule has 21 heavy (non-hydrogen) atoms. The Kier molecular flexibility index (Phi) is 4.01. The first-order valence-electron chi connectivity index (χ1n) is 6.94. The molecule has 4 nitrogen and oxygen atoms in total. The number of thiazole rings is 1. The molecule has 2 heterocycles. The maximum atomic E-state index is 4.53. The van der Waals surface area contributed by atoms with Crippen molar-refractivity contribution >= 4 is 17.0 Å². The van der Waals surface area contributed by atoms with E-state index in [9.17, 15) is 0 Å². The number of rotatable bonds is 5. The highest BCUT2D eigenvalue weighted by atomic mass is 32.1. The number of hydrogen-bond acceptors (Lipinski definition) is 4. The van der Waals surface area contributed by atoms with E-state index in [-0.39, 0.29) is 6.04 Å². The van der Waals surface area contributed by atoms with Crippen molar-refractivity contribution in [1.82, 2.24) is 14.5 Å². The minimum atomic E-state index is 0.207. The Balaban J connectivity index is 1.71. The smallest absolute Gasteiger partial charge is 0.0949 e. The zero-order valence-electron chi connectivity index (χ0n) is 12.2. The van der Waals surface area contributed by atoms with Crippen LogP contribution in [0.3, 0.4) is 0 Å². The number of nitrogens with one attached hydrogen (secondary N) is 1. The molecule has 5 heteroatoms. The summed E-state index contributed by atoms with van der Waals surface area (Å²) in [5.41, 5.74) is 3.46. The fourth-order valence-corrected chi connectivity index (χ4v) is 2.96. The average Bonchev–Trinajstić information content (AvgIpc) is 3.11. The van der Waals surface area contributed by atoms with E-state index in [4.69, 9.17) is 0 Å². The van der Waals surface area contributed by atoms with E-state index >= 15 is 0 Å². The standard InChI is InChI=1S/C16H18N4S/c1-12(16-10-21-13(2)19-16)18-15-5-3-4-14(8-15)9-20-7-6-17-11-20/h3-8,10-12,18H,9H2,1-2H3. The summed E-state index contributed by atoms with van der Waals surface area (Å²) in [5, 5.41) is 6.73. The maximum absolute atomic E-state index is 4.53. The van der Waals surface area contributed by atoms with E-state index in [1.54, 1.807) is 17.5 Å². The number of imidazole rings is 1. The fraction of sp³-hybridized carbons (Fsp3) is 0.250. The van der Waals surface area contributed by atoms with Crippen molar-refractivity contribution < 1.29 is 0 Å². The van der Waals surface area contributed by atoms with Crippen LogP contribution in [0.15, 0.2) is 48.4 Å². The average molecular weight is 298 g/mol. The second-order valence-electron chi connectivity index (χ2n) is 5.09. The largest absolute Gasteiger partial charge is 0.377 e. The van der Waals surface area contributed by atoms with E-state index in [0.29, 0.717) is 0 Å². The van der Waals surface area contributed by atoms with Crippen molar-refractivity contribution in [3.8, 4) is 0 Å². The lowest BCUT2D eigenvalue weighted by atomic mass is 10.1. The molecule has 0 aliphatic rings. The summed E-state index contributed by atoms with van der Waals surface area (Å²) in [6.45, 7) is 5.00. The van der Waals surface area contributed by atoms with Gasteiger partial charge in [0.25, 0.3) is 0 Å². The van der Waals surface area contributed by atoms with Crippen LogP contribution in [0.4, 0.5) is 5.69 Å². The summed E-state index contributed by atoms with van der Waals surface area (Å²) in [6.07, 6.45) is 5.61. The molecule has 0 spiro atoms. The normalized spacial score (nSPS) is 12.3. The monoisotopic (exact) mass is 298 g/mol. The van der Waals surface area contributed by atoms with Crippen LogP contribution < -0.4 is 5.32 Å². The van der Waals surface area contributed by atoms with Crippen LogP contribution in [-0.4, -0.2) is 14.5 Å². The van der Waals surface area contributed by atoms with Gasteiger partial charge in [0.05, 0.1) is 23.1 Å². The molecular weight excluding hydrogens is 280 g/mol. The molecule has 0 radical (unpaired) electrons. The lowest BCUT2D eigenvalue weighted by Gasteiger charge is -2.14. The highest BCUT2D eigenvalue weighted by Crippen LogP contribution is 2.21. The SMILES string of the molecule is Cc1nc(C(C)Nc2cccc(Cn3ccnc3)c2)cs1. The second kappa shape index (κ2) is 6.10. The summed E-state index contributed by atoms with van der Waals surface area (Å²) in [6, 6.07) is 8.68. The molecule has 0 bridgehead atoms. The Hall–Kier alpha value is -2.14. The number of benzene rings is 1. The second-order valence-corrected chi connectivity index (χ2v) is 6.16. The van der Waals surface area contributed by atoms with Crippen LogP contribution >= 0.6 is 11.3 Å². The van der Waals surface area contributed by atoms with Crippen LogP contribution in [0.1, 0.15) is 29.2 Å². The molecular formula is C16H18N4S. The van der Waals surface area contributed by atoms with Gasteiger partial charge in [-0.25, -0.2) is 9.97 Å². The molecule has 0 saturated heterocycles. The van der Waals surface area contributed by atoms with Crippen molar-refractivity contribution in [2.24, 2.45) is 0 Å². The van der Waals surface area contributed by atoms with E-state index < -0.39 is 0 Å². The molecule has 1 N–H and O–H groups in total. The Bertz CT molecular complexity index is 703. The molecule has 2 aromatic heterocycles. The lowest BCUT2D eigenvalue weighted by Crippen LogP contribution is -2.07. The predicted molar refractivity (Wildman–Crippen MR) is 86.7 cm³/mol. The van der Waals surface area contributed by atoms with Gasteiger partial charge in [-0.2, -0.15) is 0 Å². The Morgan fingerprint density at radius 3 is 3.00 bits per heavy atom. The maximum Gasteiger partial charge on any atom is 0.0949 e. The molecule has 0 saturated carbocycles. The van der Waals surface area contributed by atoms with Crippen LogP contribution in [0.5, 0.6) is 0 Å². The topological polar surface area (TPSA) is 42.7 Å². The number of anilines is 1. The van der Waals surface area contributed by atoms with E-state index in [1.807, 2.05) is 19.4 Å². The fourth-order valence-electron chi connectivity index (χ4n) is 2.25. The molecule has 0 aliphatic heterocycles. The van der Waals surface area contributed by atoms with Crippen molar-refractivity contribution in [3.05, 3.63) is 64.6 Å². The molecule has 1 unspecified atom stereocenters. The van der Waals surface area contributed by atoms with E-state index in [0.717, 1.165) is 22.9 Å². The van der Waals surface area contributed by atoms with Crippen LogP contribution in [-0.2, 0) is 6.54 Å². The van der Waals surface area contributed by atoms with Gasteiger partial charge in [0.2, 0.25) is 0 Å². The summed E-state index contributed by atoms with van der Waals surface area (Å²) >= 11 is 1.69. The molecule has 1 atom stereocenters. The quantitative estimate of drug-likeness (QED) is 0.777. The Morgan fingerprint density at radius 2 is 2.29 bits per heavy atom. The van der Waals surface area contributed by atoms with E-state index in [2.05, 4.69) is 56.4 Å². The third kappa shape index (κ3) is 3.49. The first kappa shape index (κ1) is 13.8. The Labute approximate surface area is 128 Å². The van der Waals surface area contributed by atoms with Gasteiger partial charge in [-0.15, -0.1) is 11.3 Å². The van der Waals surface area contributed by atoms with Gasteiger partial charge < -0.3 is 9.88 Å². The first-order valence-corrected chi connectivity index (χ1v) is 7.82. The highest BCUT2D eigenvalue weighted by Gasteiger charge is 2.08. The van der Waals surface area contributed by atoms with Gasteiger partial charge in [0.15, 0.2) is 0 Å². The first-order chi connectivity index (χ1) is 10.2. The van der Waals surface area contributed by atoms with Gasteiger partial charge in [-0.3, -0.25) is 0 Å². The molecule has 0 amide bonds. The Morgan fingerprint density at radius 1 is 1.38 bits per heavy atom. The van der Waals surface area contributed by atoms with Crippen molar-refractivity contribution in [3.63, 3.8) is 0 Å². The third-order valence-corrected chi connectivity index (χ3v) is 4.11. The molecule has 1 aromatic carbocycles. The zero-order valence-corrected chi connectivity index (χ0v) is 13.0. The molecule has 108 valence electrons. The van der Waals surface area contributed by atoms with Crippen LogP contribution in [0.2, 0.25) is 0 Å². The summed E-state index contributed by atoms with van der Waals surface area (Å²) < 4.78 is 2.06. The number of nitrogens with zero attached hydrogens (tertiary/aromatic N) is 3. The zero-order chi connectivity index (χ0) is 14.7. The van der Waals surface area contributed by atoms with Gasteiger partial charge in [-0.05, 0) is 31.5 Å². The van der Waals surface area contributed by atoms with Crippen LogP contribution in [0, 0.1) is 6.92 Å². The summed E-state index contributed by atoms with van der Waals surface area (Å²) in [4.78, 5) is 8.61. The number of aryl methyl sites for hydroxylation is 1. The minimum absolute atomic E-state index is 0.207. The van der Waals surface area contributed by atoms with Crippen molar-refractivity contribution in [2.45, 2.75) is 26.4 Å². The van der Waals surface area contributed by atoms with Gasteiger partial charge >= 0.3 is 0 Å².